The van der Waals surface area contributed by atoms with Crippen molar-refractivity contribution in [2.75, 3.05) is 66.6 Å². The number of hydrogen-bond acceptors (Lipinski definition) is 14. The molecule has 6 atom stereocenters. The van der Waals surface area contributed by atoms with E-state index >= 15 is 4.79 Å². The van der Waals surface area contributed by atoms with Gasteiger partial charge < -0.3 is 29.1 Å². The first kappa shape index (κ1) is 60.6. The minimum absolute atomic E-state index is 0.00371. The van der Waals surface area contributed by atoms with Crippen LogP contribution in [0.25, 0.3) is 27.7 Å². The van der Waals surface area contributed by atoms with Crippen molar-refractivity contribution >= 4 is 47.1 Å². The SMILES string of the molecule is COC(C)c1ncccc1-c1c(CC(C)(C)COC=O)c2cc(C3=CCCN(CC(NC(=O)C(C4CCCC4)N(C)CCC4CN(C(=O)n5cnnc5C(C)C)C(CC#N)C4C=O)C(=O)N4CCCCN4)C3)ccc2n1CC(F)(F)F. The van der Waals surface area contributed by atoms with Gasteiger partial charge in [-0.1, -0.05) is 52.7 Å². The van der Waals surface area contributed by atoms with Crippen molar-refractivity contribution in [3.63, 3.8) is 0 Å². The number of fused-ring (bicyclic) bond motifs is 1. The zero-order chi connectivity index (χ0) is 58.2. The summed E-state index contributed by atoms with van der Waals surface area (Å²) in [5, 5.41) is 23.4. The predicted octanol–water partition coefficient (Wildman–Crippen LogP) is 7.71. The lowest BCUT2D eigenvalue weighted by molar-refractivity contribution is -0.142. The molecule has 4 aliphatic rings. The van der Waals surface area contributed by atoms with E-state index in [-0.39, 0.29) is 68.1 Å². The quantitative estimate of drug-likeness (QED) is 0.0682. The molecule has 438 valence electrons. The molecule has 81 heavy (non-hydrogen) atoms. The third kappa shape index (κ3) is 14.0. The fourth-order valence-corrected chi connectivity index (χ4v) is 12.8. The summed E-state index contributed by atoms with van der Waals surface area (Å²) in [6, 6.07) is 8.57. The number of amides is 3. The van der Waals surface area contributed by atoms with Gasteiger partial charge in [0.1, 0.15) is 31.0 Å². The zero-order valence-electron chi connectivity index (χ0n) is 47.8. The molecule has 0 spiro atoms. The van der Waals surface area contributed by atoms with E-state index in [4.69, 9.17) is 9.47 Å². The van der Waals surface area contributed by atoms with Crippen molar-refractivity contribution in [2.24, 2.45) is 23.2 Å². The first-order valence-electron chi connectivity index (χ1n) is 28.5. The van der Waals surface area contributed by atoms with Crippen LogP contribution in [0.3, 0.4) is 0 Å². The Morgan fingerprint density at radius 1 is 1.06 bits per heavy atom. The van der Waals surface area contributed by atoms with Gasteiger partial charge >= 0.3 is 12.2 Å². The second kappa shape index (κ2) is 26.6. The van der Waals surface area contributed by atoms with Gasteiger partial charge in [-0.25, -0.2) is 14.8 Å². The lowest BCUT2D eigenvalue weighted by Gasteiger charge is -2.37. The smallest absolute Gasteiger partial charge is 0.406 e. The number of alkyl halides is 3. The van der Waals surface area contributed by atoms with E-state index in [0.717, 1.165) is 55.9 Å². The molecule has 1 aliphatic carbocycles. The van der Waals surface area contributed by atoms with Crippen LogP contribution in [0.15, 0.2) is 48.9 Å². The fourth-order valence-electron chi connectivity index (χ4n) is 12.8. The second-order valence-electron chi connectivity index (χ2n) is 23.6. The Balaban J connectivity index is 1.06. The number of ether oxygens (including phenoxy) is 2. The number of aldehydes is 1. The molecule has 3 fully saturated rings. The van der Waals surface area contributed by atoms with Gasteiger partial charge in [0.05, 0.1) is 48.7 Å². The van der Waals surface area contributed by atoms with Gasteiger partial charge in [0.15, 0.2) is 0 Å². The van der Waals surface area contributed by atoms with Gasteiger partial charge in [-0.3, -0.25) is 34.2 Å². The number of rotatable bonds is 23. The molecule has 1 saturated carbocycles. The van der Waals surface area contributed by atoms with E-state index < -0.39 is 48.3 Å². The van der Waals surface area contributed by atoms with Crippen LogP contribution in [0, 0.1) is 34.5 Å². The molecule has 2 N–H and O–H groups in total. The van der Waals surface area contributed by atoms with Crippen LogP contribution in [0.5, 0.6) is 0 Å². The molecule has 6 unspecified atom stereocenters. The van der Waals surface area contributed by atoms with E-state index in [1.54, 1.807) is 41.2 Å². The average Bonchev–Trinajstić information content (AvgIpc) is 3.56. The standard InChI is InChI=1S/C59H79F3N12O7/c1-38(2)54-68-65-36-73(54)57(79)71-31-43(47(33-75)50(71)20-22-63)21-27-69(6)52(40-14-8-9-15-40)55(77)67-48(56(78)74-26-11-10-24-66-74)32-70-25-13-16-42(30-70)41-18-19-49-45(28-41)46(29-58(4,5)35-81-37-76)53(72(49)34-59(60,61)62)44-17-12-23-64-51(44)39(3)80-7/h12,16-19,23,28,33,36-40,43,47-48,50,52,66H,8-11,13-15,20-21,24-27,29-32,34-35H2,1-7H3,(H,67,77). The van der Waals surface area contributed by atoms with Crippen molar-refractivity contribution in [2.45, 2.75) is 142 Å². The summed E-state index contributed by atoms with van der Waals surface area (Å²) >= 11 is 0. The highest BCUT2D eigenvalue weighted by Gasteiger charge is 2.46. The number of nitriles is 1. The molecule has 6 heterocycles. The van der Waals surface area contributed by atoms with Crippen LogP contribution in [0.4, 0.5) is 18.0 Å². The van der Waals surface area contributed by atoms with Gasteiger partial charge in [-0.15, -0.1) is 10.2 Å². The minimum Gasteiger partial charge on any atom is -0.467 e. The number of carbonyl (C=O) groups excluding carboxylic acids is 5. The molecule has 22 heteroatoms. The third-order valence-corrected chi connectivity index (χ3v) is 16.8. The summed E-state index contributed by atoms with van der Waals surface area (Å²) in [4.78, 5) is 78.5. The monoisotopic (exact) mass is 1120 g/mol. The molecule has 19 nitrogen and oxygen atoms in total. The van der Waals surface area contributed by atoms with E-state index in [1.165, 1.54) is 22.6 Å². The number of halogens is 3. The maximum absolute atomic E-state index is 15.1. The number of nitrogens with zero attached hydrogens (tertiary/aromatic N) is 10. The molecule has 3 aromatic heterocycles. The number of hydrazine groups is 1. The summed E-state index contributed by atoms with van der Waals surface area (Å²) in [6.45, 7) is 11.4. The van der Waals surface area contributed by atoms with Gasteiger partial charge in [0.25, 0.3) is 12.4 Å². The largest absolute Gasteiger partial charge is 0.467 e. The second-order valence-corrected chi connectivity index (χ2v) is 23.6. The average molecular weight is 1130 g/mol. The molecular weight excluding hydrogens is 1050 g/mol. The van der Waals surface area contributed by atoms with Gasteiger partial charge in [0, 0.05) is 86.3 Å². The number of pyridine rings is 1. The van der Waals surface area contributed by atoms with Crippen molar-refractivity contribution in [3.05, 3.63) is 71.6 Å². The molecular formula is C59H79F3N12O7. The van der Waals surface area contributed by atoms with Crippen LogP contribution < -0.4 is 10.7 Å². The number of methoxy groups -OCH3 is 1. The van der Waals surface area contributed by atoms with Crippen LogP contribution in [-0.4, -0.2) is 166 Å². The molecule has 2 saturated heterocycles. The fraction of sp³-hybridized carbons (Fsp3) is 0.610. The van der Waals surface area contributed by atoms with Crippen LogP contribution in [-0.2, 0) is 41.6 Å². The van der Waals surface area contributed by atoms with Gasteiger partial charge in [0.2, 0.25) is 5.91 Å². The van der Waals surface area contributed by atoms with Crippen molar-refractivity contribution in [1.29, 1.82) is 5.26 Å². The zero-order valence-corrected chi connectivity index (χ0v) is 47.8. The summed E-state index contributed by atoms with van der Waals surface area (Å²) in [6.07, 6.45) is 7.36. The van der Waals surface area contributed by atoms with E-state index in [9.17, 15) is 37.6 Å². The maximum Gasteiger partial charge on any atom is 0.406 e. The van der Waals surface area contributed by atoms with Crippen molar-refractivity contribution < 1.29 is 46.6 Å². The lowest BCUT2D eigenvalue weighted by Crippen LogP contribution is -2.61. The van der Waals surface area contributed by atoms with Crippen molar-refractivity contribution in [3.8, 4) is 17.3 Å². The topological polar surface area (TPSA) is 213 Å². The Hall–Kier alpha value is -6.54. The first-order chi connectivity index (χ1) is 38.8. The highest BCUT2D eigenvalue weighted by atomic mass is 19.4. The Labute approximate surface area is 472 Å². The first-order valence-corrected chi connectivity index (χ1v) is 28.5. The number of aromatic nitrogens is 5. The molecule has 0 radical (unpaired) electrons. The summed E-state index contributed by atoms with van der Waals surface area (Å²) < 4.78 is 57.9. The number of benzene rings is 1. The van der Waals surface area contributed by atoms with E-state index in [1.807, 2.05) is 51.8 Å². The molecule has 0 bridgehead atoms. The van der Waals surface area contributed by atoms with Crippen molar-refractivity contribution in [1.82, 2.24) is 54.8 Å². The normalized spacial score (nSPS) is 20.6. The molecule has 4 aromatic rings. The Kier molecular flexibility index (Phi) is 19.9. The lowest BCUT2D eigenvalue weighted by atomic mass is 9.84. The Morgan fingerprint density at radius 3 is 2.52 bits per heavy atom. The third-order valence-electron chi connectivity index (χ3n) is 16.8. The minimum atomic E-state index is -4.59. The number of carbonyl (C=O) groups is 5. The van der Waals surface area contributed by atoms with E-state index in [0.29, 0.717) is 91.3 Å². The highest BCUT2D eigenvalue weighted by Crippen LogP contribution is 2.43. The van der Waals surface area contributed by atoms with Gasteiger partial charge in [-0.05, 0) is 118 Å². The number of likely N-dealkylation sites (N-methyl/N-ethyl adjacent to an activating group) is 1. The highest BCUT2D eigenvalue weighted by molar-refractivity contribution is 5.95. The number of nitrogens with one attached hydrogen (secondary N) is 2. The maximum atomic E-state index is 15.1. The summed E-state index contributed by atoms with van der Waals surface area (Å²) in [5.74, 6) is -1.03. The summed E-state index contributed by atoms with van der Waals surface area (Å²) in [5.41, 5.74) is 6.60. The number of hydrogen-bond donors (Lipinski definition) is 2. The summed E-state index contributed by atoms with van der Waals surface area (Å²) in [7, 11) is 3.42. The van der Waals surface area contributed by atoms with Gasteiger partial charge in [-0.2, -0.15) is 18.4 Å². The molecule has 1 aromatic carbocycles. The molecule has 3 aliphatic heterocycles. The number of likely N-dealkylation sites (tertiary alicyclic amines) is 1. The van der Waals surface area contributed by atoms with Crippen LogP contribution in [0.2, 0.25) is 0 Å². The van der Waals surface area contributed by atoms with Crippen LogP contribution >= 0.6 is 0 Å². The predicted molar refractivity (Wildman–Crippen MR) is 298 cm³/mol. The van der Waals surface area contributed by atoms with Crippen LogP contribution in [0.1, 0.15) is 127 Å². The van der Waals surface area contributed by atoms with E-state index in [2.05, 4.69) is 43.0 Å². The Bertz CT molecular complexity index is 2940. The Morgan fingerprint density at radius 2 is 1.84 bits per heavy atom. The molecule has 3 amide bonds. The molecule has 8 rings (SSSR count).